The molecule has 0 saturated carbocycles. The van der Waals surface area contributed by atoms with Crippen LogP contribution < -0.4 is 15.8 Å². The maximum absolute atomic E-state index is 12.3. The van der Waals surface area contributed by atoms with E-state index in [1.54, 1.807) is 12.1 Å². The zero-order chi connectivity index (χ0) is 13.0. The summed E-state index contributed by atoms with van der Waals surface area (Å²) in [6.07, 6.45) is 1.18. The first-order valence-electron chi connectivity index (χ1n) is 5.63. The van der Waals surface area contributed by atoms with Gasteiger partial charge in [0, 0.05) is 24.7 Å². The molecule has 0 aliphatic carbocycles. The number of nitrogens with two attached hydrogens (primary N) is 1. The molecule has 1 aliphatic rings. The summed E-state index contributed by atoms with van der Waals surface area (Å²) < 4.78 is 17.6. The largest absolute Gasteiger partial charge is 0.473 e. The summed E-state index contributed by atoms with van der Waals surface area (Å²) in [6, 6.07) is 3.47. The van der Waals surface area contributed by atoms with E-state index in [0.29, 0.717) is 30.0 Å². The first kappa shape index (κ1) is 12.5. The second-order valence-corrected chi connectivity index (χ2v) is 3.92. The van der Waals surface area contributed by atoms with Gasteiger partial charge in [-0.2, -0.15) is 0 Å². The van der Waals surface area contributed by atoms with Crippen molar-refractivity contribution in [1.82, 2.24) is 10.3 Å². The van der Waals surface area contributed by atoms with E-state index in [2.05, 4.69) is 10.3 Å². The Balaban J connectivity index is 2.11. The van der Waals surface area contributed by atoms with Crippen LogP contribution in [0.3, 0.4) is 0 Å². The molecule has 5 nitrogen and oxygen atoms in total. The van der Waals surface area contributed by atoms with Crippen molar-refractivity contribution in [2.75, 3.05) is 19.7 Å². The van der Waals surface area contributed by atoms with Gasteiger partial charge in [0.15, 0.2) is 0 Å². The van der Waals surface area contributed by atoms with Gasteiger partial charge in [-0.1, -0.05) is 6.07 Å². The number of nitrogens with zero attached hydrogens (tertiary/aromatic N) is 1. The summed E-state index contributed by atoms with van der Waals surface area (Å²) in [6.45, 7) is 0.734. The van der Waals surface area contributed by atoms with Crippen molar-refractivity contribution in [3.63, 3.8) is 0 Å². The number of pyridine rings is 1. The van der Waals surface area contributed by atoms with Gasteiger partial charge in [-0.25, -0.2) is 9.37 Å². The summed E-state index contributed by atoms with van der Waals surface area (Å²) in [4.78, 5) is 15.7. The monoisotopic (exact) mass is 251 g/mol. The van der Waals surface area contributed by atoms with Crippen molar-refractivity contribution in [3.05, 3.63) is 35.3 Å². The second-order valence-electron chi connectivity index (χ2n) is 3.92. The number of ether oxygens (including phenoxy) is 1. The van der Waals surface area contributed by atoms with Crippen LogP contribution in [0.15, 0.2) is 24.0 Å². The molecule has 1 aromatic rings. The second kappa shape index (κ2) is 5.59. The summed E-state index contributed by atoms with van der Waals surface area (Å²) in [7, 11) is 0. The third-order valence-corrected chi connectivity index (χ3v) is 2.67. The molecule has 0 bridgehead atoms. The van der Waals surface area contributed by atoms with Crippen LogP contribution in [-0.4, -0.2) is 30.6 Å². The Morgan fingerprint density at radius 1 is 1.61 bits per heavy atom. The third-order valence-electron chi connectivity index (χ3n) is 2.67. The summed E-state index contributed by atoms with van der Waals surface area (Å²) >= 11 is 0. The summed E-state index contributed by atoms with van der Waals surface area (Å²) in [5.74, 6) is 0.0837. The van der Waals surface area contributed by atoms with Crippen molar-refractivity contribution < 1.29 is 13.9 Å². The van der Waals surface area contributed by atoms with Crippen molar-refractivity contribution >= 4 is 5.91 Å². The van der Waals surface area contributed by atoms with Crippen molar-refractivity contribution in [3.8, 4) is 5.88 Å². The SMILES string of the molecule is NCC(=CF)COc1ccc2c(n1)C(=O)NCC2. The van der Waals surface area contributed by atoms with Crippen molar-refractivity contribution in [2.45, 2.75) is 6.42 Å². The minimum atomic E-state index is -0.207. The molecule has 2 rings (SSSR count). The molecule has 96 valence electrons. The zero-order valence-corrected chi connectivity index (χ0v) is 9.78. The highest BCUT2D eigenvalue weighted by molar-refractivity contribution is 5.94. The molecule has 0 spiro atoms. The smallest absolute Gasteiger partial charge is 0.270 e. The van der Waals surface area contributed by atoms with Gasteiger partial charge in [0.2, 0.25) is 5.88 Å². The zero-order valence-electron chi connectivity index (χ0n) is 9.78. The van der Waals surface area contributed by atoms with E-state index in [9.17, 15) is 9.18 Å². The van der Waals surface area contributed by atoms with Crippen LogP contribution in [0.2, 0.25) is 0 Å². The molecule has 1 aliphatic heterocycles. The fraction of sp³-hybridized carbons (Fsp3) is 0.333. The first-order chi connectivity index (χ1) is 8.74. The van der Waals surface area contributed by atoms with Gasteiger partial charge >= 0.3 is 0 Å². The predicted molar refractivity (Wildman–Crippen MR) is 64.0 cm³/mol. The highest BCUT2D eigenvalue weighted by Crippen LogP contribution is 2.16. The predicted octanol–water partition coefficient (Wildman–Crippen LogP) is 0.558. The number of fused-ring (bicyclic) bond motifs is 1. The Hall–Kier alpha value is -1.95. The highest BCUT2D eigenvalue weighted by Gasteiger charge is 2.18. The van der Waals surface area contributed by atoms with Gasteiger partial charge in [-0.3, -0.25) is 4.79 Å². The summed E-state index contributed by atoms with van der Waals surface area (Å²) in [5.41, 5.74) is 6.91. The number of carbonyl (C=O) groups excluding carboxylic acids is 1. The van der Waals surface area contributed by atoms with E-state index in [1.165, 1.54) is 0 Å². The van der Waals surface area contributed by atoms with Gasteiger partial charge in [0.25, 0.3) is 5.91 Å². The van der Waals surface area contributed by atoms with Gasteiger partial charge in [-0.15, -0.1) is 0 Å². The molecule has 0 aromatic carbocycles. The maximum atomic E-state index is 12.3. The standard InChI is InChI=1S/C12H14FN3O2/c13-5-8(6-14)7-18-10-2-1-9-3-4-15-12(17)11(9)16-10/h1-2,5H,3-4,6-7,14H2,(H,15,17). The molecule has 0 saturated heterocycles. The Kier molecular flexibility index (Phi) is 3.88. The number of halogens is 1. The van der Waals surface area contributed by atoms with Crippen LogP contribution in [0.4, 0.5) is 4.39 Å². The molecule has 0 atom stereocenters. The molecule has 18 heavy (non-hydrogen) atoms. The van der Waals surface area contributed by atoms with E-state index >= 15 is 0 Å². The average molecular weight is 251 g/mol. The molecule has 3 N–H and O–H groups in total. The fourth-order valence-corrected chi connectivity index (χ4v) is 1.64. The van der Waals surface area contributed by atoms with Crippen LogP contribution >= 0.6 is 0 Å². The van der Waals surface area contributed by atoms with E-state index < -0.39 is 0 Å². The lowest BCUT2D eigenvalue weighted by atomic mass is 10.1. The molecule has 0 radical (unpaired) electrons. The van der Waals surface area contributed by atoms with Gasteiger partial charge < -0.3 is 15.8 Å². The first-order valence-corrected chi connectivity index (χ1v) is 5.63. The Morgan fingerprint density at radius 3 is 3.17 bits per heavy atom. The molecular weight excluding hydrogens is 237 g/mol. The van der Waals surface area contributed by atoms with Crippen LogP contribution in [0.25, 0.3) is 0 Å². The van der Waals surface area contributed by atoms with Crippen LogP contribution in [0.1, 0.15) is 16.1 Å². The van der Waals surface area contributed by atoms with Crippen LogP contribution in [-0.2, 0) is 6.42 Å². The molecule has 1 aromatic heterocycles. The van der Waals surface area contributed by atoms with Gasteiger partial charge in [-0.05, 0) is 12.0 Å². The maximum Gasteiger partial charge on any atom is 0.270 e. The Bertz CT molecular complexity index is 488. The van der Waals surface area contributed by atoms with Crippen molar-refractivity contribution in [1.29, 1.82) is 0 Å². The molecule has 6 heteroatoms. The lowest BCUT2D eigenvalue weighted by molar-refractivity contribution is 0.0939. The number of carbonyl (C=O) groups is 1. The quantitative estimate of drug-likeness (QED) is 0.819. The molecular formula is C12H14FN3O2. The number of rotatable bonds is 4. The lowest BCUT2D eigenvalue weighted by Gasteiger charge is -2.16. The minimum Gasteiger partial charge on any atom is -0.473 e. The number of hydrogen-bond donors (Lipinski definition) is 2. The average Bonchev–Trinajstić information content (AvgIpc) is 2.41. The molecule has 0 fully saturated rings. The van der Waals surface area contributed by atoms with E-state index in [0.717, 1.165) is 12.0 Å². The molecule has 1 amide bonds. The van der Waals surface area contributed by atoms with E-state index in [1.807, 2.05) is 0 Å². The lowest BCUT2D eigenvalue weighted by Crippen LogP contribution is -2.32. The highest BCUT2D eigenvalue weighted by atomic mass is 19.1. The minimum absolute atomic E-state index is 0.0282. The molecule has 0 unspecified atom stereocenters. The number of aromatic nitrogens is 1. The van der Waals surface area contributed by atoms with Crippen LogP contribution in [0, 0.1) is 0 Å². The van der Waals surface area contributed by atoms with Crippen molar-refractivity contribution in [2.24, 2.45) is 5.73 Å². The Labute approximate surface area is 104 Å². The number of hydrogen-bond acceptors (Lipinski definition) is 4. The van der Waals surface area contributed by atoms with Gasteiger partial charge in [0.1, 0.15) is 12.3 Å². The van der Waals surface area contributed by atoms with E-state index in [-0.39, 0.29) is 19.1 Å². The van der Waals surface area contributed by atoms with Crippen LogP contribution in [0.5, 0.6) is 5.88 Å². The summed E-state index contributed by atoms with van der Waals surface area (Å²) in [5, 5.41) is 2.70. The fourth-order valence-electron chi connectivity index (χ4n) is 1.64. The number of amides is 1. The van der Waals surface area contributed by atoms with Gasteiger partial charge in [0.05, 0.1) is 6.33 Å². The van der Waals surface area contributed by atoms with E-state index in [4.69, 9.17) is 10.5 Å². The normalized spacial score (nSPS) is 15.0. The topological polar surface area (TPSA) is 77.2 Å². The Morgan fingerprint density at radius 2 is 2.44 bits per heavy atom. The number of nitrogens with one attached hydrogen (secondary N) is 1. The molecule has 2 heterocycles. The third kappa shape index (κ3) is 2.65.